The maximum absolute atomic E-state index is 12.6. The number of carbonyl (C=O) groups is 2. The van der Waals surface area contributed by atoms with E-state index in [-0.39, 0.29) is 28.3 Å². The second-order valence-electron chi connectivity index (χ2n) is 10.0. The van der Waals surface area contributed by atoms with Gasteiger partial charge in [0, 0.05) is 11.8 Å². The zero-order valence-electron chi connectivity index (χ0n) is 16.3. The van der Waals surface area contributed by atoms with Crippen molar-refractivity contribution < 1.29 is 19.8 Å². The number of hydrogen-bond acceptors (Lipinski definition) is 4. The first-order chi connectivity index (χ1) is 12.2. The van der Waals surface area contributed by atoms with Gasteiger partial charge in [0.05, 0.1) is 6.10 Å². The molecule has 0 spiro atoms. The van der Waals surface area contributed by atoms with Gasteiger partial charge in [0.25, 0.3) is 0 Å². The van der Waals surface area contributed by atoms with Gasteiger partial charge in [-0.05, 0) is 73.2 Å². The predicted octanol–water partition coefficient (Wildman–Crippen LogP) is 3.06. The van der Waals surface area contributed by atoms with Crippen molar-refractivity contribution in [2.75, 3.05) is 6.61 Å². The van der Waals surface area contributed by atoms with Crippen LogP contribution in [0.2, 0.25) is 0 Å². The Balaban J connectivity index is 1.74. The normalized spacial score (nSPS) is 50.5. The molecule has 0 heterocycles. The van der Waals surface area contributed by atoms with Crippen molar-refractivity contribution in [1.82, 2.24) is 0 Å². The van der Waals surface area contributed by atoms with Gasteiger partial charge in [-0.15, -0.1) is 0 Å². The second kappa shape index (κ2) is 5.75. The van der Waals surface area contributed by atoms with Gasteiger partial charge in [-0.3, -0.25) is 9.59 Å². The zero-order valence-corrected chi connectivity index (χ0v) is 16.3. The number of Topliss-reactive ketones (excluding diaryl/α,β-unsaturated/α-hetero) is 1. The highest BCUT2D eigenvalue weighted by atomic mass is 16.3. The van der Waals surface area contributed by atoms with Gasteiger partial charge in [-0.2, -0.15) is 0 Å². The van der Waals surface area contributed by atoms with Gasteiger partial charge >= 0.3 is 0 Å². The van der Waals surface area contributed by atoms with Gasteiger partial charge in [0.15, 0.2) is 11.6 Å². The molecule has 144 valence electrons. The molecule has 0 bridgehead atoms. The SMILES string of the molecule is C[C@]12CCC(=O)C=C1CC[C@@H]1[C@@H]2[C@@H](O)C[C@@]2(C)[C@H]1CC[C@]2(C)C(=O)CO. The maximum Gasteiger partial charge on any atom is 0.164 e. The van der Waals surface area contributed by atoms with Gasteiger partial charge in [0.2, 0.25) is 0 Å². The summed E-state index contributed by atoms with van der Waals surface area (Å²) in [5.41, 5.74) is 0.357. The molecule has 0 saturated heterocycles. The van der Waals surface area contributed by atoms with Gasteiger partial charge in [0.1, 0.15) is 6.61 Å². The first-order valence-corrected chi connectivity index (χ1v) is 10.2. The van der Waals surface area contributed by atoms with E-state index in [0.717, 1.165) is 32.1 Å². The molecule has 0 amide bonds. The van der Waals surface area contributed by atoms with Crippen molar-refractivity contribution >= 4 is 11.6 Å². The number of rotatable bonds is 2. The zero-order chi connectivity index (χ0) is 18.9. The molecule has 0 unspecified atom stereocenters. The number of ketones is 2. The molecule has 0 aromatic carbocycles. The molecule has 0 aromatic heterocycles. The molecule has 7 atom stereocenters. The van der Waals surface area contributed by atoms with Gasteiger partial charge < -0.3 is 10.2 Å². The van der Waals surface area contributed by atoms with Crippen LogP contribution in [0, 0.1) is 34.0 Å². The van der Waals surface area contributed by atoms with Crippen molar-refractivity contribution in [3.8, 4) is 0 Å². The lowest BCUT2D eigenvalue weighted by atomic mass is 9.44. The van der Waals surface area contributed by atoms with Crippen molar-refractivity contribution in [3.05, 3.63) is 11.6 Å². The number of hydrogen-bond donors (Lipinski definition) is 2. The summed E-state index contributed by atoms with van der Waals surface area (Å²) in [4.78, 5) is 24.5. The third kappa shape index (κ3) is 2.15. The van der Waals surface area contributed by atoms with Crippen LogP contribution in [-0.2, 0) is 9.59 Å². The number of aliphatic hydroxyl groups is 2. The molecule has 4 heteroatoms. The highest BCUT2D eigenvalue weighted by molar-refractivity contribution is 5.91. The molecule has 4 rings (SSSR count). The van der Waals surface area contributed by atoms with E-state index in [1.165, 1.54) is 5.57 Å². The lowest BCUT2D eigenvalue weighted by Gasteiger charge is -2.61. The highest BCUT2D eigenvalue weighted by Gasteiger charge is 2.66. The van der Waals surface area contributed by atoms with Crippen LogP contribution in [0.15, 0.2) is 11.6 Å². The summed E-state index contributed by atoms with van der Waals surface area (Å²) >= 11 is 0. The van der Waals surface area contributed by atoms with Crippen molar-refractivity contribution in [3.63, 3.8) is 0 Å². The Kier molecular flexibility index (Phi) is 4.06. The van der Waals surface area contributed by atoms with Crippen LogP contribution in [0.3, 0.4) is 0 Å². The van der Waals surface area contributed by atoms with E-state index < -0.39 is 18.1 Å². The molecule has 3 fully saturated rings. The number of fused-ring (bicyclic) bond motifs is 5. The summed E-state index contributed by atoms with van der Waals surface area (Å²) in [6.45, 7) is 6.03. The minimum Gasteiger partial charge on any atom is -0.393 e. The highest BCUT2D eigenvalue weighted by Crippen LogP contribution is 2.69. The quantitative estimate of drug-likeness (QED) is 0.794. The Morgan fingerprint density at radius 2 is 1.92 bits per heavy atom. The summed E-state index contributed by atoms with van der Waals surface area (Å²) in [6.07, 6.45) is 7.19. The Morgan fingerprint density at radius 3 is 2.62 bits per heavy atom. The van der Waals surface area contributed by atoms with Crippen LogP contribution in [0.25, 0.3) is 0 Å². The molecule has 3 saturated carbocycles. The molecular weight excluding hydrogens is 328 g/mol. The first kappa shape index (κ1) is 18.4. The molecule has 4 aliphatic rings. The molecule has 0 aromatic rings. The Bertz CT molecular complexity index is 682. The third-order valence-electron chi connectivity index (χ3n) is 9.26. The molecule has 4 aliphatic carbocycles. The predicted molar refractivity (Wildman–Crippen MR) is 98.3 cm³/mol. The van der Waals surface area contributed by atoms with Crippen LogP contribution in [0.4, 0.5) is 0 Å². The average Bonchev–Trinajstić information content (AvgIpc) is 2.86. The van der Waals surface area contributed by atoms with Gasteiger partial charge in [-0.25, -0.2) is 0 Å². The Labute approximate surface area is 156 Å². The molecule has 0 radical (unpaired) electrons. The summed E-state index contributed by atoms with van der Waals surface area (Å²) in [5, 5.41) is 20.8. The minimum atomic E-state index is -0.544. The third-order valence-corrected chi connectivity index (χ3v) is 9.26. The fourth-order valence-corrected chi connectivity index (χ4v) is 7.56. The summed E-state index contributed by atoms with van der Waals surface area (Å²) in [5.74, 6) is 1.15. The number of aliphatic hydroxyl groups excluding tert-OH is 2. The number of allylic oxidation sites excluding steroid dienone is 1. The Morgan fingerprint density at radius 1 is 1.19 bits per heavy atom. The molecule has 0 aliphatic heterocycles. The summed E-state index contributed by atoms with van der Waals surface area (Å²) < 4.78 is 0. The van der Waals surface area contributed by atoms with E-state index in [0.29, 0.717) is 24.7 Å². The average molecular weight is 360 g/mol. The van der Waals surface area contributed by atoms with Crippen LogP contribution in [0.5, 0.6) is 0 Å². The van der Waals surface area contributed by atoms with Gasteiger partial charge in [-0.1, -0.05) is 26.3 Å². The first-order valence-electron chi connectivity index (χ1n) is 10.2. The summed E-state index contributed by atoms with van der Waals surface area (Å²) in [7, 11) is 0. The molecule has 26 heavy (non-hydrogen) atoms. The minimum absolute atomic E-state index is 0.0704. The van der Waals surface area contributed by atoms with E-state index in [4.69, 9.17) is 0 Å². The van der Waals surface area contributed by atoms with Crippen LogP contribution < -0.4 is 0 Å². The van der Waals surface area contributed by atoms with Crippen molar-refractivity contribution in [1.29, 1.82) is 0 Å². The Hall–Kier alpha value is -1.00. The molecule has 2 N–H and O–H groups in total. The smallest absolute Gasteiger partial charge is 0.164 e. The van der Waals surface area contributed by atoms with Crippen LogP contribution >= 0.6 is 0 Å². The van der Waals surface area contributed by atoms with E-state index >= 15 is 0 Å². The second-order valence-corrected chi connectivity index (χ2v) is 10.0. The van der Waals surface area contributed by atoms with Crippen molar-refractivity contribution in [2.45, 2.75) is 71.8 Å². The maximum atomic E-state index is 12.6. The van der Waals surface area contributed by atoms with Crippen LogP contribution in [-0.4, -0.2) is 34.5 Å². The van der Waals surface area contributed by atoms with E-state index in [9.17, 15) is 19.8 Å². The lowest BCUT2D eigenvalue weighted by Crippen LogP contribution is -2.59. The van der Waals surface area contributed by atoms with Crippen LogP contribution in [0.1, 0.15) is 65.7 Å². The fourth-order valence-electron chi connectivity index (χ4n) is 7.56. The lowest BCUT2D eigenvalue weighted by molar-refractivity contribution is -0.160. The van der Waals surface area contributed by atoms with E-state index in [2.05, 4.69) is 13.8 Å². The van der Waals surface area contributed by atoms with Crippen molar-refractivity contribution in [2.24, 2.45) is 34.0 Å². The number of carbonyl (C=O) groups excluding carboxylic acids is 2. The standard InChI is InChI=1S/C22H32O4/c1-20-8-6-14(24)10-13(20)4-5-15-16-7-9-21(2,18(26)12-23)22(16,3)11-17(25)19(15)20/h10,15-17,19,23,25H,4-9,11-12H2,1-3H3/t15-,16-,17-,19+,20-,21+,22-/m0/s1. The van der Waals surface area contributed by atoms with E-state index in [1.807, 2.05) is 13.0 Å². The molecule has 4 nitrogen and oxygen atoms in total. The fraction of sp³-hybridized carbons (Fsp3) is 0.818. The molecular formula is C22H32O4. The summed E-state index contributed by atoms with van der Waals surface area (Å²) in [6, 6.07) is 0. The topological polar surface area (TPSA) is 74.6 Å². The van der Waals surface area contributed by atoms with E-state index in [1.54, 1.807) is 0 Å². The largest absolute Gasteiger partial charge is 0.393 e. The monoisotopic (exact) mass is 360 g/mol.